The quantitative estimate of drug-likeness (QED) is 0.858. The van der Waals surface area contributed by atoms with Crippen LogP contribution in [-0.2, 0) is 6.54 Å². The number of amides is 1. The fourth-order valence-corrected chi connectivity index (χ4v) is 2.94. The molecule has 0 spiro atoms. The maximum atomic E-state index is 11.7. The van der Waals surface area contributed by atoms with Crippen LogP contribution in [0.4, 0.5) is 0 Å². The third-order valence-corrected chi connectivity index (χ3v) is 4.41. The second-order valence-corrected chi connectivity index (χ2v) is 5.96. The minimum atomic E-state index is -0.233. The van der Waals surface area contributed by atoms with Crippen LogP contribution in [0.3, 0.4) is 0 Å². The topological polar surface area (TPSA) is 44.9 Å². The second-order valence-electron chi connectivity index (χ2n) is 3.26. The van der Waals surface area contributed by atoms with Crippen LogP contribution >= 0.6 is 50.5 Å². The smallest absolute Gasteiger partial charge is 0.268 e. The van der Waals surface area contributed by atoms with Gasteiger partial charge in [-0.1, -0.05) is 23.2 Å². The van der Waals surface area contributed by atoms with Gasteiger partial charge in [0.15, 0.2) is 0 Å². The molecule has 0 saturated heterocycles. The van der Waals surface area contributed by atoms with Crippen molar-refractivity contribution in [3.63, 3.8) is 0 Å². The number of H-pyrrole nitrogens is 1. The molecular weight excluding hydrogens is 347 g/mol. The van der Waals surface area contributed by atoms with E-state index in [0.29, 0.717) is 17.3 Å². The number of nitrogens with one attached hydrogen (secondary N) is 2. The summed E-state index contributed by atoms with van der Waals surface area (Å²) in [6.45, 7) is 0.476. The van der Waals surface area contributed by atoms with Crippen LogP contribution in [0.2, 0.25) is 10.2 Å². The fraction of sp³-hybridized carbons (Fsp3) is 0.100. The summed E-state index contributed by atoms with van der Waals surface area (Å²) in [5.41, 5.74) is 0.357. The highest BCUT2D eigenvalue weighted by atomic mass is 79.9. The Morgan fingerprint density at radius 2 is 2.24 bits per heavy atom. The van der Waals surface area contributed by atoms with Crippen molar-refractivity contribution in [3.8, 4) is 0 Å². The highest BCUT2D eigenvalue weighted by molar-refractivity contribution is 9.10. The Kier molecular flexibility index (Phi) is 4.14. The molecule has 0 bridgehead atoms. The molecule has 0 fully saturated rings. The van der Waals surface area contributed by atoms with Crippen LogP contribution in [0.5, 0.6) is 0 Å². The SMILES string of the molecule is O=C(NCc1cc(Br)cs1)c1cc(Cl)c(Cl)[nH]1. The van der Waals surface area contributed by atoms with E-state index in [0.717, 1.165) is 9.35 Å². The van der Waals surface area contributed by atoms with E-state index in [-0.39, 0.29) is 11.1 Å². The van der Waals surface area contributed by atoms with Gasteiger partial charge in [0.05, 0.1) is 11.6 Å². The number of rotatable bonds is 3. The zero-order valence-electron chi connectivity index (χ0n) is 8.39. The normalized spacial score (nSPS) is 10.5. The van der Waals surface area contributed by atoms with E-state index in [1.165, 1.54) is 6.07 Å². The highest BCUT2D eigenvalue weighted by Gasteiger charge is 2.11. The number of carbonyl (C=O) groups excluding carboxylic acids is 1. The van der Waals surface area contributed by atoms with Crippen molar-refractivity contribution in [3.05, 3.63) is 42.7 Å². The maximum absolute atomic E-state index is 11.7. The van der Waals surface area contributed by atoms with Crippen LogP contribution in [0, 0.1) is 0 Å². The van der Waals surface area contributed by atoms with Crippen LogP contribution in [0.25, 0.3) is 0 Å². The molecule has 3 nitrogen and oxygen atoms in total. The Balaban J connectivity index is 1.98. The van der Waals surface area contributed by atoms with E-state index in [1.807, 2.05) is 11.4 Å². The van der Waals surface area contributed by atoms with E-state index >= 15 is 0 Å². The summed E-state index contributed by atoms with van der Waals surface area (Å²) < 4.78 is 1.01. The Morgan fingerprint density at radius 3 is 2.76 bits per heavy atom. The van der Waals surface area contributed by atoms with Gasteiger partial charge in [-0.15, -0.1) is 11.3 Å². The monoisotopic (exact) mass is 352 g/mol. The van der Waals surface area contributed by atoms with Crippen molar-refractivity contribution in [1.29, 1.82) is 0 Å². The van der Waals surface area contributed by atoms with Gasteiger partial charge in [0, 0.05) is 14.7 Å². The van der Waals surface area contributed by atoms with E-state index in [4.69, 9.17) is 23.2 Å². The molecule has 0 aliphatic carbocycles. The lowest BCUT2D eigenvalue weighted by molar-refractivity contribution is 0.0947. The van der Waals surface area contributed by atoms with Gasteiger partial charge >= 0.3 is 0 Å². The summed E-state index contributed by atoms with van der Waals surface area (Å²) in [7, 11) is 0. The van der Waals surface area contributed by atoms with Gasteiger partial charge in [-0.2, -0.15) is 0 Å². The first-order valence-electron chi connectivity index (χ1n) is 4.61. The summed E-state index contributed by atoms with van der Waals surface area (Å²) >= 11 is 16.4. The van der Waals surface area contributed by atoms with Crippen LogP contribution in [0.1, 0.15) is 15.4 Å². The molecule has 2 rings (SSSR count). The number of hydrogen-bond acceptors (Lipinski definition) is 2. The van der Waals surface area contributed by atoms with Crippen molar-refractivity contribution in [2.75, 3.05) is 0 Å². The first-order valence-corrected chi connectivity index (χ1v) is 7.04. The molecular formula is C10H7BrCl2N2OS. The minimum absolute atomic E-state index is 0.233. The predicted octanol–water partition coefficient (Wildman–Crippen LogP) is 4.08. The number of carbonyl (C=O) groups is 1. The minimum Gasteiger partial charge on any atom is -0.346 e. The van der Waals surface area contributed by atoms with E-state index < -0.39 is 0 Å². The van der Waals surface area contributed by atoms with Crippen molar-refractivity contribution >= 4 is 56.4 Å². The molecule has 2 aromatic rings. The van der Waals surface area contributed by atoms with Crippen molar-refractivity contribution in [1.82, 2.24) is 10.3 Å². The lowest BCUT2D eigenvalue weighted by Gasteiger charge is -2.00. The molecule has 0 atom stereocenters. The molecule has 0 aliphatic heterocycles. The van der Waals surface area contributed by atoms with Gasteiger partial charge in [-0.25, -0.2) is 0 Å². The maximum Gasteiger partial charge on any atom is 0.268 e. The standard InChI is InChI=1S/C10H7BrCl2N2OS/c11-5-1-6(17-4-5)3-14-10(16)8-2-7(12)9(13)15-8/h1-2,4,15H,3H2,(H,14,16). The zero-order valence-corrected chi connectivity index (χ0v) is 12.3. The predicted molar refractivity (Wildman–Crippen MR) is 74.0 cm³/mol. The summed E-state index contributed by atoms with van der Waals surface area (Å²) in [6, 6.07) is 3.46. The van der Waals surface area contributed by atoms with Gasteiger partial charge in [-0.3, -0.25) is 4.79 Å². The molecule has 0 unspecified atom stereocenters. The van der Waals surface area contributed by atoms with E-state index in [1.54, 1.807) is 11.3 Å². The molecule has 1 amide bonds. The van der Waals surface area contributed by atoms with Crippen LogP contribution < -0.4 is 5.32 Å². The molecule has 2 aromatic heterocycles. The average molecular weight is 354 g/mol. The highest BCUT2D eigenvalue weighted by Crippen LogP contribution is 2.22. The second kappa shape index (κ2) is 5.44. The first kappa shape index (κ1) is 13.0. The Hall–Kier alpha value is -0.490. The molecule has 17 heavy (non-hydrogen) atoms. The van der Waals surface area contributed by atoms with Gasteiger partial charge < -0.3 is 10.3 Å². The van der Waals surface area contributed by atoms with E-state index in [2.05, 4.69) is 26.2 Å². The molecule has 0 saturated carbocycles. The summed E-state index contributed by atoms with van der Waals surface area (Å²) in [6.07, 6.45) is 0. The molecule has 0 aliphatic rings. The molecule has 7 heteroatoms. The van der Waals surface area contributed by atoms with Crippen molar-refractivity contribution in [2.45, 2.75) is 6.54 Å². The van der Waals surface area contributed by atoms with Gasteiger partial charge in [-0.05, 0) is 28.1 Å². The Bertz CT molecular complexity index is 533. The molecule has 2 heterocycles. The number of aromatic nitrogens is 1. The van der Waals surface area contributed by atoms with Crippen molar-refractivity contribution < 1.29 is 4.79 Å². The summed E-state index contributed by atoms with van der Waals surface area (Å²) in [5, 5.41) is 5.35. The van der Waals surface area contributed by atoms with E-state index in [9.17, 15) is 4.79 Å². The number of aromatic amines is 1. The van der Waals surface area contributed by atoms with Gasteiger partial charge in [0.25, 0.3) is 5.91 Å². The lowest BCUT2D eigenvalue weighted by atomic mass is 10.4. The fourth-order valence-electron chi connectivity index (χ4n) is 1.24. The average Bonchev–Trinajstić information content (AvgIpc) is 2.83. The molecule has 90 valence electrons. The van der Waals surface area contributed by atoms with Crippen LogP contribution in [0.15, 0.2) is 22.0 Å². The molecule has 0 aromatic carbocycles. The number of hydrogen-bond donors (Lipinski definition) is 2. The number of thiophene rings is 1. The molecule has 2 N–H and O–H groups in total. The van der Waals surface area contributed by atoms with Gasteiger partial charge in [0.2, 0.25) is 0 Å². The first-order chi connectivity index (χ1) is 8.06. The lowest BCUT2D eigenvalue weighted by Crippen LogP contribution is -2.22. The third kappa shape index (κ3) is 3.25. The third-order valence-electron chi connectivity index (χ3n) is 2.01. The van der Waals surface area contributed by atoms with Crippen molar-refractivity contribution in [2.24, 2.45) is 0 Å². The molecule has 0 radical (unpaired) electrons. The number of halogens is 3. The zero-order chi connectivity index (χ0) is 12.4. The van der Waals surface area contributed by atoms with Crippen LogP contribution in [-0.4, -0.2) is 10.9 Å². The summed E-state index contributed by atoms with van der Waals surface area (Å²) in [5.74, 6) is -0.233. The summed E-state index contributed by atoms with van der Waals surface area (Å²) in [4.78, 5) is 15.5. The Morgan fingerprint density at radius 1 is 1.47 bits per heavy atom. The van der Waals surface area contributed by atoms with Gasteiger partial charge in [0.1, 0.15) is 10.8 Å². The largest absolute Gasteiger partial charge is 0.346 e. The Labute approximate surface area is 120 Å².